The molecule has 2 heterocycles. The normalized spacial score (nSPS) is 18.9. The Kier molecular flexibility index (Phi) is 6.22. The van der Waals surface area contributed by atoms with Gasteiger partial charge in [0, 0.05) is 24.2 Å². The van der Waals surface area contributed by atoms with Crippen molar-refractivity contribution in [1.29, 1.82) is 0 Å². The number of nitrogens with one attached hydrogen (secondary N) is 1. The minimum Gasteiger partial charge on any atom is -0.403 e. The molecule has 0 bridgehead atoms. The summed E-state index contributed by atoms with van der Waals surface area (Å²) in [5.74, 6) is 0.242. The van der Waals surface area contributed by atoms with Crippen LogP contribution in [0, 0.1) is 5.92 Å². The summed E-state index contributed by atoms with van der Waals surface area (Å²) < 4.78 is 33.0. The quantitative estimate of drug-likeness (QED) is 0.584. The summed E-state index contributed by atoms with van der Waals surface area (Å²) in [4.78, 5) is 12.8. The fraction of sp³-hybridized carbons (Fsp3) is 0.400. The molecular weight excluding hydrogens is 452 g/mol. The molecular formula is C25H28N4O4S. The number of aryl methyl sites for hydroxylation is 2. The minimum atomic E-state index is -3.57. The summed E-state index contributed by atoms with van der Waals surface area (Å²) in [5.41, 5.74) is 3.81. The highest BCUT2D eigenvalue weighted by molar-refractivity contribution is 7.89. The Labute approximate surface area is 199 Å². The first-order valence-corrected chi connectivity index (χ1v) is 13.2. The van der Waals surface area contributed by atoms with E-state index in [1.54, 1.807) is 0 Å². The van der Waals surface area contributed by atoms with Gasteiger partial charge in [0.1, 0.15) is 0 Å². The summed E-state index contributed by atoms with van der Waals surface area (Å²) in [6.45, 7) is 3.11. The van der Waals surface area contributed by atoms with E-state index in [4.69, 9.17) is 4.42 Å². The first-order valence-electron chi connectivity index (χ1n) is 11.8. The Morgan fingerprint density at radius 3 is 2.56 bits per heavy atom. The molecule has 0 spiro atoms. The molecule has 1 fully saturated rings. The van der Waals surface area contributed by atoms with Crippen LogP contribution in [0.15, 0.2) is 51.8 Å². The van der Waals surface area contributed by atoms with Crippen molar-refractivity contribution < 1.29 is 17.6 Å². The van der Waals surface area contributed by atoms with Gasteiger partial charge in [0.25, 0.3) is 5.91 Å². The van der Waals surface area contributed by atoms with E-state index in [-0.39, 0.29) is 10.9 Å². The van der Waals surface area contributed by atoms with E-state index in [2.05, 4.69) is 34.6 Å². The van der Waals surface area contributed by atoms with E-state index < -0.39 is 15.9 Å². The van der Waals surface area contributed by atoms with E-state index in [1.165, 1.54) is 52.5 Å². The lowest BCUT2D eigenvalue weighted by molar-refractivity contribution is 0.102. The second-order valence-electron chi connectivity index (χ2n) is 9.19. The minimum absolute atomic E-state index is 0.00303. The van der Waals surface area contributed by atoms with Crippen LogP contribution in [-0.4, -0.2) is 41.9 Å². The number of hydrogen-bond acceptors (Lipinski definition) is 6. The number of amides is 1. The molecule has 1 aromatic heterocycles. The lowest BCUT2D eigenvalue weighted by Gasteiger charge is -2.30. The lowest BCUT2D eigenvalue weighted by atomic mass is 9.90. The van der Waals surface area contributed by atoms with E-state index in [0.717, 1.165) is 31.2 Å². The van der Waals surface area contributed by atoms with Gasteiger partial charge in [-0.05, 0) is 92.0 Å². The van der Waals surface area contributed by atoms with Gasteiger partial charge in [-0.15, -0.1) is 5.10 Å². The van der Waals surface area contributed by atoms with Gasteiger partial charge in [-0.25, -0.2) is 8.42 Å². The third-order valence-corrected chi connectivity index (χ3v) is 8.49. The highest BCUT2D eigenvalue weighted by atomic mass is 32.2. The topological polar surface area (TPSA) is 105 Å². The number of sulfonamides is 1. The maximum atomic E-state index is 12.9. The van der Waals surface area contributed by atoms with Gasteiger partial charge in [0.15, 0.2) is 0 Å². The highest BCUT2D eigenvalue weighted by Crippen LogP contribution is 2.28. The zero-order valence-corrected chi connectivity index (χ0v) is 20.0. The Morgan fingerprint density at radius 1 is 1.03 bits per heavy atom. The Balaban J connectivity index is 1.27. The zero-order valence-electron chi connectivity index (χ0n) is 19.2. The fourth-order valence-electron chi connectivity index (χ4n) is 4.72. The molecule has 8 nitrogen and oxygen atoms in total. The van der Waals surface area contributed by atoms with Gasteiger partial charge < -0.3 is 4.42 Å². The molecule has 1 aliphatic heterocycles. The molecule has 0 radical (unpaired) electrons. The summed E-state index contributed by atoms with van der Waals surface area (Å²) in [5, 5.41) is 10.6. The van der Waals surface area contributed by atoms with Crippen molar-refractivity contribution >= 4 is 21.9 Å². The van der Waals surface area contributed by atoms with Crippen molar-refractivity contribution in [3.05, 3.63) is 59.2 Å². The van der Waals surface area contributed by atoms with Crippen molar-refractivity contribution in [3.8, 4) is 11.5 Å². The van der Waals surface area contributed by atoms with Gasteiger partial charge in [-0.2, -0.15) is 4.31 Å². The predicted molar refractivity (Wildman–Crippen MR) is 128 cm³/mol. The van der Waals surface area contributed by atoms with Gasteiger partial charge in [0.2, 0.25) is 15.9 Å². The molecule has 34 heavy (non-hydrogen) atoms. The number of carbonyl (C=O) groups excluding carboxylic acids is 1. The average molecular weight is 481 g/mol. The predicted octanol–water partition coefficient (Wildman–Crippen LogP) is 4.29. The van der Waals surface area contributed by atoms with Crippen LogP contribution < -0.4 is 5.32 Å². The smallest absolute Gasteiger partial charge is 0.322 e. The van der Waals surface area contributed by atoms with Crippen LogP contribution in [0.5, 0.6) is 0 Å². The van der Waals surface area contributed by atoms with E-state index in [0.29, 0.717) is 30.5 Å². The second kappa shape index (κ2) is 9.31. The van der Waals surface area contributed by atoms with Crippen LogP contribution in [0.25, 0.3) is 11.5 Å². The SMILES string of the molecule is CC1CCCN(S(=O)(=O)c2ccc(C(=O)Nc3nnc(-c4ccc5c(c4)CCCC5)o3)cc2)C1. The number of nitrogens with zero attached hydrogens (tertiary/aromatic N) is 3. The lowest BCUT2D eigenvalue weighted by Crippen LogP contribution is -2.39. The first-order chi connectivity index (χ1) is 16.4. The number of aromatic nitrogens is 2. The van der Waals surface area contributed by atoms with Gasteiger partial charge in [-0.3, -0.25) is 10.1 Å². The second-order valence-corrected chi connectivity index (χ2v) is 11.1. The summed E-state index contributed by atoms with van der Waals surface area (Å²) >= 11 is 0. The Morgan fingerprint density at radius 2 is 1.79 bits per heavy atom. The molecule has 0 saturated carbocycles. The van der Waals surface area contributed by atoms with Crippen LogP contribution in [0.4, 0.5) is 6.01 Å². The van der Waals surface area contributed by atoms with Crippen molar-refractivity contribution in [3.63, 3.8) is 0 Å². The van der Waals surface area contributed by atoms with Crippen molar-refractivity contribution in [2.24, 2.45) is 5.92 Å². The van der Waals surface area contributed by atoms with Crippen LogP contribution in [0.3, 0.4) is 0 Å². The summed E-state index contributed by atoms with van der Waals surface area (Å²) in [7, 11) is -3.57. The molecule has 1 amide bonds. The van der Waals surface area contributed by atoms with E-state index in [9.17, 15) is 13.2 Å². The number of anilines is 1. The Bertz CT molecular complexity index is 1300. The van der Waals surface area contributed by atoms with Crippen molar-refractivity contribution in [2.45, 2.75) is 50.3 Å². The molecule has 5 rings (SSSR count). The third-order valence-electron chi connectivity index (χ3n) is 6.61. The fourth-order valence-corrected chi connectivity index (χ4v) is 6.32. The maximum absolute atomic E-state index is 12.9. The molecule has 1 aliphatic carbocycles. The van der Waals surface area contributed by atoms with Crippen molar-refractivity contribution in [1.82, 2.24) is 14.5 Å². The molecule has 9 heteroatoms. The highest BCUT2D eigenvalue weighted by Gasteiger charge is 2.28. The summed E-state index contributed by atoms with van der Waals surface area (Å²) in [6, 6.07) is 12.1. The summed E-state index contributed by atoms with van der Waals surface area (Å²) in [6.07, 6.45) is 6.43. The molecule has 2 aromatic carbocycles. The Hall–Kier alpha value is -3.04. The number of piperidine rings is 1. The van der Waals surface area contributed by atoms with Crippen LogP contribution in [-0.2, 0) is 22.9 Å². The molecule has 3 aromatic rings. The molecule has 178 valence electrons. The van der Waals surface area contributed by atoms with Crippen LogP contribution in [0.1, 0.15) is 54.1 Å². The van der Waals surface area contributed by atoms with E-state index in [1.807, 2.05) is 6.07 Å². The number of fused-ring (bicyclic) bond motifs is 1. The zero-order chi connectivity index (χ0) is 23.7. The molecule has 1 atom stereocenters. The van der Waals surface area contributed by atoms with Crippen LogP contribution in [0.2, 0.25) is 0 Å². The molecule has 1 unspecified atom stereocenters. The van der Waals surface area contributed by atoms with Crippen LogP contribution >= 0.6 is 0 Å². The molecule has 1 N–H and O–H groups in total. The largest absolute Gasteiger partial charge is 0.403 e. The third kappa shape index (κ3) is 4.63. The maximum Gasteiger partial charge on any atom is 0.322 e. The van der Waals surface area contributed by atoms with Gasteiger partial charge >= 0.3 is 6.01 Å². The van der Waals surface area contributed by atoms with Crippen molar-refractivity contribution in [2.75, 3.05) is 18.4 Å². The first kappa shape index (κ1) is 22.7. The standard InChI is InChI=1S/C25H28N4O4S/c1-17-5-4-14-29(16-17)34(31,32)22-12-10-19(11-13-22)23(30)26-25-28-27-24(33-25)21-9-8-18-6-2-3-7-20(18)15-21/h8-13,15,17H,2-7,14,16H2,1H3,(H,26,28,30). The number of benzene rings is 2. The number of hydrogen-bond donors (Lipinski definition) is 1. The molecule has 1 saturated heterocycles. The van der Waals surface area contributed by atoms with Gasteiger partial charge in [0.05, 0.1) is 4.90 Å². The number of carbonyl (C=O) groups is 1. The van der Waals surface area contributed by atoms with E-state index >= 15 is 0 Å². The van der Waals surface area contributed by atoms with Gasteiger partial charge in [-0.1, -0.05) is 18.1 Å². The molecule has 2 aliphatic rings. The average Bonchev–Trinajstić information content (AvgIpc) is 3.32. The number of rotatable bonds is 5. The monoisotopic (exact) mass is 480 g/mol.